The van der Waals surface area contributed by atoms with E-state index in [1.54, 1.807) is 12.1 Å². The van der Waals surface area contributed by atoms with Crippen LogP contribution in [0.5, 0.6) is 0 Å². The molecule has 2 fully saturated rings. The molecule has 2 aliphatic rings. The lowest BCUT2D eigenvalue weighted by atomic mass is 10.1. The molecule has 0 aromatic heterocycles. The number of ether oxygens (including phenoxy) is 1. The molecule has 1 aromatic carbocycles. The van der Waals surface area contributed by atoms with Crippen LogP contribution in [0.15, 0.2) is 23.1 Å². The van der Waals surface area contributed by atoms with Gasteiger partial charge in [-0.3, -0.25) is 24.6 Å². The topological polar surface area (TPSA) is 113 Å². The number of aliphatic carboxylic acids is 1. The second kappa shape index (κ2) is 9.33. The number of carboxylic acid groups (broad SMARTS) is 1. The van der Waals surface area contributed by atoms with Crippen LogP contribution in [0.4, 0.5) is 11.4 Å². The smallest absolute Gasteiger partial charge is 0.303 e. The Morgan fingerprint density at radius 1 is 1.38 bits per heavy atom. The lowest BCUT2D eigenvalue weighted by Gasteiger charge is -2.30. The van der Waals surface area contributed by atoms with Crippen LogP contribution in [-0.4, -0.2) is 64.0 Å². The van der Waals surface area contributed by atoms with Gasteiger partial charge in [-0.05, 0) is 18.6 Å². The van der Waals surface area contributed by atoms with Gasteiger partial charge in [0.2, 0.25) is 0 Å². The zero-order valence-electron chi connectivity index (χ0n) is 15.4. The van der Waals surface area contributed by atoms with Crippen LogP contribution >= 0.6 is 24.0 Å². The summed E-state index contributed by atoms with van der Waals surface area (Å²) in [7, 11) is 0. The van der Waals surface area contributed by atoms with Crippen LogP contribution in [0, 0.1) is 10.1 Å². The van der Waals surface area contributed by atoms with Crippen molar-refractivity contribution >= 4 is 57.6 Å². The molecule has 0 spiro atoms. The number of hydrogen-bond donors (Lipinski definition) is 1. The van der Waals surface area contributed by atoms with E-state index in [4.69, 9.17) is 22.1 Å². The lowest BCUT2D eigenvalue weighted by Crippen LogP contribution is -2.36. The quantitative estimate of drug-likeness (QED) is 0.297. The molecule has 1 aromatic rings. The second-order valence-electron chi connectivity index (χ2n) is 6.43. The number of anilines is 1. The molecular formula is C18H19N3O6S2. The normalized spacial score (nSPS) is 18.6. The van der Waals surface area contributed by atoms with Crippen molar-refractivity contribution in [2.45, 2.75) is 12.8 Å². The molecule has 11 heteroatoms. The number of nitrogens with zero attached hydrogens (tertiary/aromatic N) is 3. The van der Waals surface area contributed by atoms with E-state index >= 15 is 0 Å². The second-order valence-corrected chi connectivity index (χ2v) is 8.11. The number of thiocarbonyl (C=S) groups is 1. The van der Waals surface area contributed by atoms with E-state index in [0.717, 1.165) is 17.4 Å². The molecule has 0 aliphatic carbocycles. The first-order valence-corrected chi connectivity index (χ1v) is 10.2. The maximum atomic E-state index is 12.7. The van der Waals surface area contributed by atoms with Gasteiger partial charge in [0.25, 0.3) is 11.6 Å². The summed E-state index contributed by atoms with van der Waals surface area (Å²) in [6, 6.07) is 4.57. The third-order valence-electron chi connectivity index (χ3n) is 4.51. The van der Waals surface area contributed by atoms with Crippen molar-refractivity contribution < 1.29 is 24.4 Å². The zero-order chi connectivity index (χ0) is 21.0. The minimum atomic E-state index is -0.933. The molecule has 1 amide bonds. The van der Waals surface area contributed by atoms with Crippen molar-refractivity contribution in [3.05, 3.63) is 38.8 Å². The standard InChI is InChI=1S/C18H19N3O6S2/c22-16(23)2-1-5-20-17(24)15(29-18(20)28)11-12-10-13(21(25)26)3-4-14(12)19-6-8-27-9-7-19/h3-4,10-11H,1-2,5-9H2,(H,22,23). The predicted molar refractivity (Wildman–Crippen MR) is 113 cm³/mol. The number of nitro benzene ring substituents is 1. The van der Waals surface area contributed by atoms with Gasteiger partial charge in [0.15, 0.2) is 0 Å². The summed E-state index contributed by atoms with van der Waals surface area (Å²) < 4.78 is 5.72. The van der Waals surface area contributed by atoms with Gasteiger partial charge in [0.05, 0.1) is 23.0 Å². The molecule has 0 bridgehead atoms. The average molecular weight is 437 g/mol. The van der Waals surface area contributed by atoms with Gasteiger partial charge in [-0.25, -0.2) is 0 Å². The van der Waals surface area contributed by atoms with Gasteiger partial charge in [-0.1, -0.05) is 24.0 Å². The van der Waals surface area contributed by atoms with Gasteiger partial charge < -0.3 is 14.7 Å². The van der Waals surface area contributed by atoms with E-state index in [1.165, 1.54) is 17.0 Å². The van der Waals surface area contributed by atoms with Crippen molar-refractivity contribution in [3.8, 4) is 0 Å². The Morgan fingerprint density at radius 2 is 2.10 bits per heavy atom. The van der Waals surface area contributed by atoms with E-state index in [-0.39, 0.29) is 24.6 Å². The fourth-order valence-corrected chi connectivity index (χ4v) is 4.39. The third kappa shape index (κ3) is 5.11. The zero-order valence-corrected chi connectivity index (χ0v) is 17.0. The summed E-state index contributed by atoms with van der Waals surface area (Å²) in [5.41, 5.74) is 1.28. The highest BCUT2D eigenvalue weighted by atomic mass is 32.2. The van der Waals surface area contributed by atoms with Crippen molar-refractivity contribution in [2.24, 2.45) is 0 Å². The Balaban J connectivity index is 1.88. The van der Waals surface area contributed by atoms with E-state index in [1.807, 2.05) is 0 Å². The molecule has 0 unspecified atom stereocenters. The maximum absolute atomic E-state index is 12.7. The van der Waals surface area contributed by atoms with Crippen molar-refractivity contribution in [1.29, 1.82) is 0 Å². The first-order chi connectivity index (χ1) is 13.9. The van der Waals surface area contributed by atoms with Crippen LogP contribution < -0.4 is 4.90 Å². The molecule has 29 heavy (non-hydrogen) atoms. The summed E-state index contributed by atoms with van der Waals surface area (Å²) in [5.74, 6) is -1.25. The number of non-ortho nitro benzene ring substituents is 1. The van der Waals surface area contributed by atoms with Crippen LogP contribution in [0.2, 0.25) is 0 Å². The number of carboxylic acids is 1. The summed E-state index contributed by atoms with van der Waals surface area (Å²) in [4.78, 5) is 38.0. The highest BCUT2D eigenvalue weighted by Crippen LogP contribution is 2.36. The van der Waals surface area contributed by atoms with E-state index in [2.05, 4.69) is 4.90 Å². The number of carbonyl (C=O) groups is 2. The lowest BCUT2D eigenvalue weighted by molar-refractivity contribution is -0.384. The fourth-order valence-electron chi connectivity index (χ4n) is 3.09. The maximum Gasteiger partial charge on any atom is 0.303 e. The summed E-state index contributed by atoms with van der Waals surface area (Å²) in [5, 5.41) is 20.0. The summed E-state index contributed by atoms with van der Waals surface area (Å²) >= 11 is 6.37. The SMILES string of the molecule is O=C(O)CCCN1C(=O)C(=Cc2cc([N+](=O)[O-])ccc2N2CCOCC2)SC1=S. The minimum absolute atomic E-state index is 0.0534. The molecule has 1 N–H and O–H groups in total. The third-order valence-corrected chi connectivity index (χ3v) is 5.88. The Morgan fingerprint density at radius 3 is 2.76 bits per heavy atom. The summed E-state index contributed by atoms with van der Waals surface area (Å²) in [6.07, 6.45) is 1.86. The van der Waals surface area contributed by atoms with Crippen LogP contribution in [0.1, 0.15) is 18.4 Å². The number of amides is 1. The van der Waals surface area contributed by atoms with Gasteiger partial charge in [0, 0.05) is 49.4 Å². The molecule has 154 valence electrons. The Bertz CT molecular complexity index is 882. The predicted octanol–water partition coefficient (Wildman–Crippen LogP) is 2.50. The molecule has 0 saturated carbocycles. The Hall–Kier alpha value is -2.50. The number of rotatable bonds is 7. The average Bonchev–Trinajstić information content (AvgIpc) is 2.95. The Labute approximate surface area is 176 Å². The molecule has 3 rings (SSSR count). The summed E-state index contributed by atoms with van der Waals surface area (Å²) in [6.45, 7) is 2.63. The van der Waals surface area contributed by atoms with Gasteiger partial charge in [0.1, 0.15) is 4.32 Å². The number of thioether (sulfide) groups is 1. The molecule has 2 aliphatic heterocycles. The Kier molecular flexibility index (Phi) is 6.83. The highest BCUT2D eigenvalue weighted by Gasteiger charge is 2.32. The molecule has 2 saturated heterocycles. The minimum Gasteiger partial charge on any atom is -0.481 e. The molecule has 0 atom stereocenters. The molecular weight excluding hydrogens is 418 g/mol. The number of nitro groups is 1. The van der Waals surface area contributed by atoms with Crippen LogP contribution in [-0.2, 0) is 14.3 Å². The first kappa shape index (κ1) is 21.2. The van der Waals surface area contributed by atoms with E-state index < -0.39 is 10.9 Å². The molecule has 0 radical (unpaired) electrons. The van der Waals surface area contributed by atoms with Crippen molar-refractivity contribution in [2.75, 3.05) is 37.7 Å². The van der Waals surface area contributed by atoms with E-state index in [9.17, 15) is 19.7 Å². The van der Waals surface area contributed by atoms with E-state index in [0.29, 0.717) is 47.5 Å². The van der Waals surface area contributed by atoms with Crippen LogP contribution in [0.25, 0.3) is 6.08 Å². The first-order valence-electron chi connectivity index (χ1n) is 8.95. The van der Waals surface area contributed by atoms with Gasteiger partial charge >= 0.3 is 5.97 Å². The number of benzene rings is 1. The monoisotopic (exact) mass is 437 g/mol. The largest absolute Gasteiger partial charge is 0.481 e. The fraction of sp³-hybridized carbons (Fsp3) is 0.389. The van der Waals surface area contributed by atoms with Crippen molar-refractivity contribution in [3.63, 3.8) is 0 Å². The van der Waals surface area contributed by atoms with Crippen molar-refractivity contribution in [1.82, 2.24) is 4.90 Å². The molecule has 9 nitrogen and oxygen atoms in total. The van der Waals surface area contributed by atoms with Gasteiger partial charge in [-0.15, -0.1) is 0 Å². The molecule has 2 heterocycles. The number of carbonyl (C=O) groups excluding carboxylic acids is 1. The number of hydrogen-bond acceptors (Lipinski definition) is 8. The van der Waals surface area contributed by atoms with Gasteiger partial charge in [-0.2, -0.15) is 0 Å². The highest BCUT2D eigenvalue weighted by molar-refractivity contribution is 8.26. The number of morpholine rings is 1. The van der Waals surface area contributed by atoms with Crippen LogP contribution in [0.3, 0.4) is 0 Å².